The second-order valence-corrected chi connectivity index (χ2v) is 6.51. The molecule has 0 aliphatic carbocycles. The number of hydrogen-bond acceptors (Lipinski definition) is 4. The van der Waals surface area contributed by atoms with E-state index in [4.69, 9.17) is 4.74 Å². The maximum absolute atomic E-state index is 11.8. The Morgan fingerprint density at radius 2 is 1.95 bits per heavy atom. The smallest absolute Gasteiger partial charge is 0.260 e. The van der Waals surface area contributed by atoms with Gasteiger partial charge in [-0.25, -0.2) is 0 Å². The monoisotopic (exact) mass is 293 g/mol. The maximum atomic E-state index is 11.8. The molecule has 0 aliphatic heterocycles. The number of hydrogen-bond donors (Lipinski definition) is 2. The lowest BCUT2D eigenvalue weighted by Crippen LogP contribution is -2.40. The minimum Gasteiger partial charge on any atom is -0.479 e. The van der Waals surface area contributed by atoms with Gasteiger partial charge in [0.15, 0.2) is 6.10 Å². The molecule has 0 spiro atoms. The molecular formula is C16H27N3O2. The summed E-state index contributed by atoms with van der Waals surface area (Å²) in [4.78, 5) is 16.1. The molecule has 21 heavy (non-hydrogen) atoms. The quantitative estimate of drug-likeness (QED) is 0.844. The maximum Gasteiger partial charge on any atom is 0.260 e. The minimum absolute atomic E-state index is 0.0559. The van der Waals surface area contributed by atoms with Gasteiger partial charge < -0.3 is 15.4 Å². The summed E-state index contributed by atoms with van der Waals surface area (Å²) >= 11 is 0. The van der Waals surface area contributed by atoms with Gasteiger partial charge in [-0.15, -0.1) is 0 Å². The van der Waals surface area contributed by atoms with Crippen LogP contribution in [0.15, 0.2) is 18.3 Å². The normalized spacial score (nSPS) is 13.1. The van der Waals surface area contributed by atoms with Gasteiger partial charge in [0.25, 0.3) is 5.91 Å². The second kappa shape index (κ2) is 7.41. The highest BCUT2D eigenvalue weighted by Gasteiger charge is 2.15. The molecule has 5 nitrogen and oxygen atoms in total. The minimum atomic E-state index is -0.534. The molecule has 118 valence electrons. The average Bonchev–Trinajstić information content (AvgIpc) is 2.36. The van der Waals surface area contributed by atoms with Gasteiger partial charge in [0, 0.05) is 18.1 Å². The van der Waals surface area contributed by atoms with Crippen LogP contribution in [-0.4, -0.2) is 28.6 Å². The second-order valence-electron chi connectivity index (χ2n) is 6.51. The van der Waals surface area contributed by atoms with Crippen LogP contribution in [0.4, 0.5) is 0 Å². The molecule has 1 rings (SSSR count). The lowest BCUT2D eigenvalue weighted by Gasteiger charge is -2.20. The van der Waals surface area contributed by atoms with Gasteiger partial charge in [0.2, 0.25) is 0 Å². The predicted molar refractivity (Wildman–Crippen MR) is 84.2 cm³/mol. The van der Waals surface area contributed by atoms with Crippen molar-refractivity contribution < 1.29 is 9.53 Å². The van der Waals surface area contributed by atoms with Crippen LogP contribution in [0.3, 0.4) is 0 Å². The summed E-state index contributed by atoms with van der Waals surface area (Å²) in [6, 6.07) is 3.85. The van der Waals surface area contributed by atoms with Crippen molar-refractivity contribution in [3.05, 3.63) is 24.0 Å². The van der Waals surface area contributed by atoms with E-state index in [0.717, 1.165) is 5.69 Å². The molecule has 1 aromatic heterocycles. The standard InChI is InChI=1S/C16H27N3O2/c1-11(2)19-15(20)12(3)21-14-8-7-13(17-10-14)9-18-16(4,5)6/h7-8,10-12,18H,9H2,1-6H3,(H,19,20). The number of pyridine rings is 1. The first kappa shape index (κ1) is 17.4. The summed E-state index contributed by atoms with van der Waals surface area (Å²) in [6.07, 6.45) is 1.12. The molecule has 1 heterocycles. The average molecular weight is 293 g/mol. The van der Waals surface area contributed by atoms with Crippen molar-refractivity contribution in [2.24, 2.45) is 0 Å². The van der Waals surface area contributed by atoms with Gasteiger partial charge >= 0.3 is 0 Å². The zero-order valence-corrected chi connectivity index (χ0v) is 13.9. The SMILES string of the molecule is CC(C)NC(=O)C(C)Oc1ccc(CNC(C)(C)C)nc1. The van der Waals surface area contributed by atoms with E-state index in [1.165, 1.54) is 0 Å². The van der Waals surface area contributed by atoms with Crippen LogP contribution >= 0.6 is 0 Å². The zero-order chi connectivity index (χ0) is 16.0. The molecule has 1 unspecified atom stereocenters. The Morgan fingerprint density at radius 3 is 2.43 bits per heavy atom. The van der Waals surface area contributed by atoms with Crippen LogP contribution in [0.25, 0.3) is 0 Å². The molecule has 1 atom stereocenters. The van der Waals surface area contributed by atoms with Crippen LogP contribution in [-0.2, 0) is 11.3 Å². The summed E-state index contributed by atoms with van der Waals surface area (Å²) in [5, 5.41) is 6.19. The number of carbonyl (C=O) groups excluding carboxylic acids is 1. The number of aromatic nitrogens is 1. The van der Waals surface area contributed by atoms with Crippen LogP contribution in [0.5, 0.6) is 5.75 Å². The van der Waals surface area contributed by atoms with Crippen molar-refractivity contribution in [1.82, 2.24) is 15.6 Å². The number of ether oxygens (including phenoxy) is 1. The van der Waals surface area contributed by atoms with Crippen molar-refractivity contribution in [3.63, 3.8) is 0 Å². The fourth-order valence-electron chi connectivity index (χ4n) is 1.60. The van der Waals surface area contributed by atoms with Crippen LogP contribution in [0.2, 0.25) is 0 Å². The Kier molecular flexibility index (Phi) is 6.15. The highest BCUT2D eigenvalue weighted by Crippen LogP contribution is 2.12. The molecule has 0 fully saturated rings. The summed E-state index contributed by atoms with van der Waals surface area (Å²) in [6.45, 7) is 12.6. The van der Waals surface area contributed by atoms with Crippen LogP contribution in [0.1, 0.15) is 47.2 Å². The van der Waals surface area contributed by atoms with E-state index in [1.54, 1.807) is 13.1 Å². The molecule has 0 saturated heterocycles. The Hall–Kier alpha value is -1.62. The Labute approximate surface area is 127 Å². The highest BCUT2D eigenvalue weighted by molar-refractivity contribution is 5.80. The third-order valence-electron chi connectivity index (χ3n) is 2.71. The van der Waals surface area contributed by atoms with Crippen molar-refractivity contribution in [3.8, 4) is 5.75 Å². The lowest BCUT2D eigenvalue weighted by molar-refractivity contribution is -0.127. The van der Waals surface area contributed by atoms with E-state index in [1.807, 2.05) is 26.0 Å². The van der Waals surface area contributed by atoms with Gasteiger partial charge in [0.05, 0.1) is 11.9 Å². The molecule has 1 aromatic rings. The molecule has 0 bridgehead atoms. The number of rotatable bonds is 6. The molecule has 2 N–H and O–H groups in total. The van der Waals surface area contributed by atoms with Crippen molar-refractivity contribution in [2.45, 2.75) is 65.8 Å². The number of nitrogens with zero attached hydrogens (tertiary/aromatic N) is 1. The Morgan fingerprint density at radius 1 is 1.29 bits per heavy atom. The first-order valence-corrected chi connectivity index (χ1v) is 7.34. The van der Waals surface area contributed by atoms with E-state index >= 15 is 0 Å². The fourth-order valence-corrected chi connectivity index (χ4v) is 1.60. The molecule has 1 amide bonds. The summed E-state index contributed by atoms with van der Waals surface area (Å²) in [7, 11) is 0. The molecule has 5 heteroatoms. The first-order chi connectivity index (χ1) is 9.67. The van der Waals surface area contributed by atoms with E-state index < -0.39 is 6.10 Å². The van der Waals surface area contributed by atoms with E-state index in [9.17, 15) is 4.79 Å². The third kappa shape index (κ3) is 7.09. The first-order valence-electron chi connectivity index (χ1n) is 7.34. The molecule has 0 radical (unpaired) electrons. The van der Waals surface area contributed by atoms with E-state index in [0.29, 0.717) is 12.3 Å². The largest absolute Gasteiger partial charge is 0.479 e. The molecule has 0 aliphatic rings. The van der Waals surface area contributed by atoms with Crippen molar-refractivity contribution in [1.29, 1.82) is 0 Å². The van der Waals surface area contributed by atoms with Crippen LogP contribution < -0.4 is 15.4 Å². The topological polar surface area (TPSA) is 63.2 Å². The zero-order valence-electron chi connectivity index (χ0n) is 13.9. The van der Waals surface area contributed by atoms with Crippen molar-refractivity contribution in [2.75, 3.05) is 0 Å². The van der Waals surface area contributed by atoms with Crippen molar-refractivity contribution >= 4 is 5.91 Å². The van der Waals surface area contributed by atoms with Gasteiger partial charge in [-0.2, -0.15) is 0 Å². The fraction of sp³-hybridized carbons (Fsp3) is 0.625. The van der Waals surface area contributed by atoms with Gasteiger partial charge in [0.1, 0.15) is 5.75 Å². The third-order valence-corrected chi connectivity index (χ3v) is 2.71. The highest BCUT2D eigenvalue weighted by atomic mass is 16.5. The Bertz CT molecular complexity index is 450. The van der Waals surface area contributed by atoms with Gasteiger partial charge in [-0.1, -0.05) is 0 Å². The van der Waals surface area contributed by atoms with Crippen LogP contribution in [0, 0.1) is 0 Å². The predicted octanol–water partition coefficient (Wildman–Crippen LogP) is 2.26. The van der Waals surface area contributed by atoms with E-state index in [-0.39, 0.29) is 17.5 Å². The summed E-state index contributed by atoms with van der Waals surface area (Å²) in [5.41, 5.74) is 0.997. The van der Waals surface area contributed by atoms with Gasteiger partial charge in [-0.05, 0) is 53.7 Å². The number of amides is 1. The molecule has 0 aromatic carbocycles. The Balaban J connectivity index is 2.52. The number of carbonyl (C=O) groups is 1. The van der Waals surface area contributed by atoms with Gasteiger partial charge in [-0.3, -0.25) is 9.78 Å². The number of nitrogens with one attached hydrogen (secondary N) is 2. The molecule has 0 saturated carbocycles. The lowest BCUT2D eigenvalue weighted by atomic mass is 10.1. The summed E-state index contributed by atoms with van der Waals surface area (Å²) in [5.74, 6) is 0.476. The van der Waals surface area contributed by atoms with E-state index in [2.05, 4.69) is 36.4 Å². The summed E-state index contributed by atoms with van der Waals surface area (Å²) < 4.78 is 5.58. The molecular weight excluding hydrogens is 266 g/mol.